The van der Waals surface area contributed by atoms with Crippen LogP contribution in [0, 0.1) is 12.7 Å². The molecule has 174 valence electrons. The second kappa shape index (κ2) is 9.30. The molecule has 0 fully saturated rings. The number of H-pyrrole nitrogens is 1. The molecule has 0 aliphatic rings. The highest BCUT2D eigenvalue weighted by atomic mass is 19.3. The van der Waals surface area contributed by atoms with E-state index in [0.29, 0.717) is 5.82 Å². The van der Waals surface area contributed by atoms with Gasteiger partial charge in [-0.1, -0.05) is 24.3 Å². The first-order chi connectivity index (χ1) is 16.2. The van der Waals surface area contributed by atoms with Crippen molar-refractivity contribution in [3.63, 3.8) is 0 Å². The SMILES string of the molecule is Cc1nc(N[C@H](C)c2cccc(C(F)F)c2F)c2cc(C(=O)Nc3ccccn3)c(=O)[nH]c2n1. The zero-order valence-electron chi connectivity index (χ0n) is 18.1. The predicted octanol–water partition coefficient (Wildman–Crippen LogP) is 4.52. The summed E-state index contributed by atoms with van der Waals surface area (Å²) >= 11 is 0. The summed E-state index contributed by atoms with van der Waals surface area (Å²) in [6.45, 7) is 3.17. The van der Waals surface area contributed by atoms with Gasteiger partial charge in [0, 0.05) is 11.8 Å². The van der Waals surface area contributed by atoms with E-state index in [1.807, 2.05) is 0 Å². The lowest BCUT2D eigenvalue weighted by Crippen LogP contribution is -2.24. The number of rotatable bonds is 6. The number of benzene rings is 1. The van der Waals surface area contributed by atoms with Gasteiger partial charge in [-0.2, -0.15) is 0 Å². The molecule has 34 heavy (non-hydrogen) atoms. The molecule has 0 unspecified atom stereocenters. The van der Waals surface area contributed by atoms with E-state index in [1.54, 1.807) is 32.0 Å². The average Bonchev–Trinajstić information content (AvgIpc) is 2.79. The standard InChI is InChI=1S/C23H19F3N6O2/c1-11(13-6-5-7-14(18(13)24)19(25)26)28-20-15-10-16(22(33)31-17-8-3-4-9-27-17)23(34)32-21(15)30-12(2)29-20/h3-11,19H,1-2H3,(H,27,31,33)(H2,28,29,30,32,34)/t11-/m1/s1. The molecule has 0 bridgehead atoms. The van der Waals surface area contributed by atoms with Crippen LogP contribution < -0.4 is 16.2 Å². The van der Waals surface area contributed by atoms with E-state index in [0.717, 1.165) is 6.07 Å². The van der Waals surface area contributed by atoms with E-state index in [9.17, 15) is 22.8 Å². The van der Waals surface area contributed by atoms with Crippen molar-refractivity contribution < 1.29 is 18.0 Å². The summed E-state index contributed by atoms with van der Waals surface area (Å²) in [5.41, 5.74) is -1.42. The topological polar surface area (TPSA) is 113 Å². The highest BCUT2D eigenvalue weighted by molar-refractivity contribution is 6.05. The molecule has 8 nitrogen and oxygen atoms in total. The van der Waals surface area contributed by atoms with Gasteiger partial charge in [0.25, 0.3) is 17.9 Å². The van der Waals surface area contributed by atoms with Crippen LogP contribution in [0.25, 0.3) is 11.0 Å². The minimum atomic E-state index is -2.96. The average molecular weight is 468 g/mol. The van der Waals surface area contributed by atoms with Gasteiger partial charge in [-0.15, -0.1) is 0 Å². The van der Waals surface area contributed by atoms with Gasteiger partial charge >= 0.3 is 0 Å². The fourth-order valence-corrected chi connectivity index (χ4v) is 3.45. The second-order valence-electron chi connectivity index (χ2n) is 7.48. The number of hydrogen-bond donors (Lipinski definition) is 3. The van der Waals surface area contributed by atoms with Crippen LogP contribution in [-0.2, 0) is 0 Å². The Balaban J connectivity index is 1.73. The molecule has 3 N–H and O–H groups in total. The quantitative estimate of drug-likeness (QED) is 0.384. The summed E-state index contributed by atoms with van der Waals surface area (Å²) in [4.78, 5) is 40.3. The molecule has 3 aromatic heterocycles. The highest BCUT2D eigenvalue weighted by Crippen LogP contribution is 2.30. The Labute approximate surface area is 191 Å². The molecular formula is C23H19F3N6O2. The lowest BCUT2D eigenvalue weighted by molar-refractivity contribution is 0.102. The first-order valence-corrected chi connectivity index (χ1v) is 10.2. The number of pyridine rings is 2. The first-order valence-electron chi connectivity index (χ1n) is 10.2. The van der Waals surface area contributed by atoms with Gasteiger partial charge < -0.3 is 15.6 Å². The number of fused-ring (bicyclic) bond motifs is 1. The Kier molecular flexibility index (Phi) is 6.26. The third-order valence-electron chi connectivity index (χ3n) is 5.09. The Morgan fingerprint density at radius 3 is 2.56 bits per heavy atom. The Hall–Kier alpha value is -4.28. The summed E-state index contributed by atoms with van der Waals surface area (Å²) < 4.78 is 40.9. The van der Waals surface area contributed by atoms with E-state index >= 15 is 0 Å². The number of alkyl halides is 2. The van der Waals surface area contributed by atoms with Crippen LogP contribution in [0.3, 0.4) is 0 Å². The van der Waals surface area contributed by atoms with Gasteiger partial charge in [-0.25, -0.2) is 28.1 Å². The van der Waals surface area contributed by atoms with Crippen LogP contribution in [0.4, 0.5) is 24.8 Å². The van der Waals surface area contributed by atoms with Gasteiger partial charge in [0.2, 0.25) is 0 Å². The van der Waals surface area contributed by atoms with Gasteiger partial charge in [-0.3, -0.25) is 9.59 Å². The summed E-state index contributed by atoms with van der Waals surface area (Å²) in [6.07, 6.45) is -1.47. The summed E-state index contributed by atoms with van der Waals surface area (Å²) in [5, 5.41) is 5.80. The number of carbonyl (C=O) groups is 1. The van der Waals surface area contributed by atoms with Crippen molar-refractivity contribution in [1.82, 2.24) is 19.9 Å². The summed E-state index contributed by atoms with van der Waals surface area (Å²) in [6, 6.07) is 9.23. The van der Waals surface area contributed by atoms with Gasteiger partial charge in [0.15, 0.2) is 0 Å². The Morgan fingerprint density at radius 2 is 1.85 bits per heavy atom. The smallest absolute Gasteiger partial charge is 0.266 e. The van der Waals surface area contributed by atoms with Gasteiger partial charge in [-0.05, 0) is 32.0 Å². The van der Waals surface area contributed by atoms with Crippen molar-refractivity contribution in [3.8, 4) is 0 Å². The Bertz CT molecular complexity index is 1430. The molecule has 1 aromatic carbocycles. The summed E-state index contributed by atoms with van der Waals surface area (Å²) in [5.74, 6) is -0.965. The minimum Gasteiger partial charge on any atom is -0.363 e. The maximum absolute atomic E-state index is 14.6. The third kappa shape index (κ3) is 4.58. The number of halogens is 3. The molecule has 0 saturated heterocycles. The maximum Gasteiger partial charge on any atom is 0.266 e. The lowest BCUT2D eigenvalue weighted by atomic mass is 10.0. The van der Waals surface area contributed by atoms with Crippen LogP contribution in [-0.4, -0.2) is 25.8 Å². The number of aromatic amines is 1. The van der Waals surface area contributed by atoms with Crippen molar-refractivity contribution in [1.29, 1.82) is 0 Å². The number of nitrogens with one attached hydrogen (secondary N) is 3. The first kappa shape index (κ1) is 22.9. The van der Waals surface area contributed by atoms with Crippen molar-refractivity contribution in [2.24, 2.45) is 0 Å². The number of carbonyl (C=O) groups excluding carboxylic acids is 1. The predicted molar refractivity (Wildman–Crippen MR) is 120 cm³/mol. The monoisotopic (exact) mass is 468 g/mol. The van der Waals surface area contributed by atoms with Crippen molar-refractivity contribution >= 4 is 28.6 Å². The van der Waals surface area contributed by atoms with Crippen molar-refractivity contribution in [3.05, 3.63) is 87.3 Å². The number of aryl methyl sites for hydroxylation is 1. The van der Waals surface area contributed by atoms with Crippen LogP contribution in [0.1, 0.15) is 46.7 Å². The number of amides is 1. The highest BCUT2D eigenvalue weighted by Gasteiger charge is 2.21. The van der Waals surface area contributed by atoms with E-state index < -0.39 is 35.3 Å². The van der Waals surface area contributed by atoms with Gasteiger partial charge in [0.05, 0.1) is 17.0 Å². The normalized spacial score (nSPS) is 12.1. The third-order valence-corrected chi connectivity index (χ3v) is 5.09. The molecule has 1 atom stereocenters. The van der Waals surface area contributed by atoms with E-state index in [-0.39, 0.29) is 33.8 Å². The fraction of sp³-hybridized carbons (Fsp3) is 0.174. The van der Waals surface area contributed by atoms with Gasteiger partial charge in [0.1, 0.15) is 34.5 Å². The lowest BCUT2D eigenvalue weighted by Gasteiger charge is -2.18. The van der Waals surface area contributed by atoms with Crippen LogP contribution in [0.5, 0.6) is 0 Å². The Morgan fingerprint density at radius 1 is 1.09 bits per heavy atom. The summed E-state index contributed by atoms with van der Waals surface area (Å²) in [7, 11) is 0. The molecule has 0 aliphatic heterocycles. The van der Waals surface area contributed by atoms with Crippen LogP contribution in [0.2, 0.25) is 0 Å². The number of anilines is 2. The van der Waals surface area contributed by atoms with E-state index in [4.69, 9.17) is 0 Å². The molecule has 11 heteroatoms. The molecule has 0 aliphatic carbocycles. The fourth-order valence-electron chi connectivity index (χ4n) is 3.45. The van der Waals surface area contributed by atoms with Crippen molar-refractivity contribution in [2.45, 2.75) is 26.3 Å². The van der Waals surface area contributed by atoms with E-state index in [1.165, 1.54) is 24.4 Å². The second-order valence-corrected chi connectivity index (χ2v) is 7.48. The molecule has 3 heterocycles. The number of aromatic nitrogens is 4. The molecule has 0 radical (unpaired) electrons. The number of hydrogen-bond acceptors (Lipinski definition) is 6. The number of nitrogens with zero attached hydrogens (tertiary/aromatic N) is 3. The molecule has 0 spiro atoms. The largest absolute Gasteiger partial charge is 0.363 e. The van der Waals surface area contributed by atoms with Crippen molar-refractivity contribution in [2.75, 3.05) is 10.6 Å². The zero-order chi connectivity index (χ0) is 24.4. The maximum atomic E-state index is 14.6. The van der Waals surface area contributed by atoms with Crippen LogP contribution >= 0.6 is 0 Å². The molecule has 1 amide bonds. The van der Waals surface area contributed by atoms with Crippen LogP contribution in [0.15, 0.2) is 53.5 Å². The molecule has 4 aromatic rings. The molecular weight excluding hydrogens is 449 g/mol. The van der Waals surface area contributed by atoms with E-state index in [2.05, 4.69) is 30.6 Å². The zero-order valence-corrected chi connectivity index (χ0v) is 18.1. The molecule has 4 rings (SSSR count). The minimum absolute atomic E-state index is 0.0137. The molecule has 0 saturated carbocycles.